The van der Waals surface area contributed by atoms with Crippen molar-refractivity contribution >= 4 is 29.1 Å². The van der Waals surface area contributed by atoms with Gasteiger partial charge in [0.1, 0.15) is 5.15 Å². The van der Waals surface area contributed by atoms with Gasteiger partial charge in [0.05, 0.1) is 10.6 Å². The van der Waals surface area contributed by atoms with Crippen LogP contribution in [0, 0.1) is 0 Å². The van der Waals surface area contributed by atoms with E-state index >= 15 is 0 Å². The maximum absolute atomic E-state index is 11.8. The van der Waals surface area contributed by atoms with Crippen molar-refractivity contribution < 1.29 is 9.32 Å². The molecule has 0 radical (unpaired) electrons. The summed E-state index contributed by atoms with van der Waals surface area (Å²) >= 11 is 11.5. The van der Waals surface area contributed by atoms with Gasteiger partial charge in [0.15, 0.2) is 6.33 Å². The molecule has 0 spiro atoms. The van der Waals surface area contributed by atoms with Crippen LogP contribution in [0.2, 0.25) is 10.2 Å². The van der Waals surface area contributed by atoms with Crippen LogP contribution in [0.15, 0.2) is 23.1 Å². The van der Waals surface area contributed by atoms with E-state index in [-0.39, 0.29) is 21.6 Å². The number of halogens is 2. The van der Waals surface area contributed by atoms with Crippen LogP contribution < -0.4 is 5.32 Å². The first-order valence-corrected chi connectivity index (χ1v) is 5.77. The highest BCUT2D eigenvalue weighted by Gasteiger charge is 2.11. The van der Waals surface area contributed by atoms with Gasteiger partial charge in [-0.3, -0.25) is 4.79 Å². The van der Waals surface area contributed by atoms with E-state index < -0.39 is 0 Å². The fourth-order valence-electron chi connectivity index (χ4n) is 1.27. The lowest BCUT2D eigenvalue weighted by Crippen LogP contribution is -2.26. The number of pyridine rings is 1. The van der Waals surface area contributed by atoms with Gasteiger partial charge in [-0.2, -0.15) is 4.98 Å². The van der Waals surface area contributed by atoms with E-state index in [0.29, 0.717) is 18.9 Å². The van der Waals surface area contributed by atoms with Crippen LogP contribution in [-0.4, -0.2) is 27.6 Å². The number of nitrogens with zero attached hydrogens (tertiary/aromatic N) is 3. The van der Waals surface area contributed by atoms with E-state index in [1.165, 1.54) is 18.6 Å². The Morgan fingerprint density at radius 3 is 2.94 bits per heavy atom. The molecule has 2 rings (SSSR count). The van der Waals surface area contributed by atoms with E-state index in [1.54, 1.807) is 0 Å². The zero-order chi connectivity index (χ0) is 13.0. The third-order valence-electron chi connectivity index (χ3n) is 2.10. The van der Waals surface area contributed by atoms with Crippen molar-refractivity contribution in [3.8, 4) is 0 Å². The Hall–Kier alpha value is -1.66. The summed E-state index contributed by atoms with van der Waals surface area (Å²) in [5, 5.41) is 6.58. The minimum Gasteiger partial charge on any atom is -0.351 e. The lowest BCUT2D eigenvalue weighted by molar-refractivity contribution is 0.0953. The summed E-state index contributed by atoms with van der Waals surface area (Å²) in [6, 6.07) is 1.41. The summed E-state index contributed by atoms with van der Waals surface area (Å²) in [7, 11) is 0. The van der Waals surface area contributed by atoms with Crippen LogP contribution in [-0.2, 0) is 6.42 Å². The first kappa shape index (κ1) is 12.8. The van der Waals surface area contributed by atoms with Gasteiger partial charge in [-0.25, -0.2) is 4.98 Å². The average molecular weight is 287 g/mol. The summed E-state index contributed by atoms with van der Waals surface area (Å²) < 4.78 is 4.79. The first-order valence-electron chi connectivity index (χ1n) is 5.01. The Morgan fingerprint density at radius 2 is 2.22 bits per heavy atom. The molecule has 0 saturated heterocycles. The van der Waals surface area contributed by atoms with Crippen molar-refractivity contribution in [2.45, 2.75) is 6.42 Å². The minimum atomic E-state index is -0.330. The maximum Gasteiger partial charge on any atom is 0.252 e. The van der Waals surface area contributed by atoms with Crippen molar-refractivity contribution in [3.05, 3.63) is 40.2 Å². The van der Waals surface area contributed by atoms with Gasteiger partial charge in [0, 0.05) is 19.2 Å². The Balaban J connectivity index is 1.93. The molecule has 94 valence electrons. The minimum absolute atomic E-state index is 0.210. The monoisotopic (exact) mass is 286 g/mol. The highest BCUT2D eigenvalue weighted by Crippen LogP contribution is 2.17. The van der Waals surface area contributed by atoms with Crippen LogP contribution >= 0.6 is 23.2 Å². The molecule has 0 unspecified atom stereocenters. The van der Waals surface area contributed by atoms with Gasteiger partial charge in [-0.15, -0.1) is 0 Å². The zero-order valence-electron chi connectivity index (χ0n) is 9.06. The van der Waals surface area contributed by atoms with E-state index in [1.807, 2.05) is 0 Å². The molecule has 0 fully saturated rings. The number of aromatic nitrogens is 3. The van der Waals surface area contributed by atoms with Gasteiger partial charge in [-0.1, -0.05) is 28.4 Å². The predicted octanol–water partition coefficient (Wildman–Crippen LogP) is 1.74. The predicted molar refractivity (Wildman–Crippen MR) is 64.6 cm³/mol. The van der Waals surface area contributed by atoms with Gasteiger partial charge in [-0.05, 0) is 6.07 Å². The lowest BCUT2D eigenvalue weighted by atomic mass is 10.2. The Bertz CT molecular complexity index is 545. The zero-order valence-corrected chi connectivity index (χ0v) is 10.6. The van der Waals surface area contributed by atoms with Crippen molar-refractivity contribution in [1.29, 1.82) is 0 Å². The topological polar surface area (TPSA) is 80.9 Å². The molecular weight excluding hydrogens is 279 g/mol. The number of carbonyl (C=O) groups excluding carboxylic acids is 1. The molecule has 1 N–H and O–H groups in total. The quantitative estimate of drug-likeness (QED) is 0.866. The second kappa shape index (κ2) is 5.79. The molecule has 0 saturated carbocycles. The van der Waals surface area contributed by atoms with Crippen molar-refractivity contribution in [2.75, 3.05) is 6.54 Å². The molecule has 0 bridgehead atoms. The second-order valence-electron chi connectivity index (χ2n) is 3.33. The molecule has 0 aromatic carbocycles. The fourth-order valence-corrected chi connectivity index (χ4v) is 1.62. The Morgan fingerprint density at radius 1 is 1.39 bits per heavy atom. The summed E-state index contributed by atoms with van der Waals surface area (Å²) in [5.41, 5.74) is 0.280. The van der Waals surface area contributed by atoms with Crippen LogP contribution in [0.4, 0.5) is 0 Å². The van der Waals surface area contributed by atoms with E-state index in [4.69, 9.17) is 27.7 Å². The SMILES string of the molecule is O=C(NCCc1ncno1)c1cc(Cl)ncc1Cl. The molecule has 2 aromatic heterocycles. The summed E-state index contributed by atoms with van der Waals surface area (Å²) in [6.07, 6.45) is 3.08. The number of carbonyl (C=O) groups is 1. The summed E-state index contributed by atoms with van der Waals surface area (Å²) in [4.78, 5) is 19.4. The normalized spacial score (nSPS) is 10.3. The number of hydrogen-bond acceptors (Lipinski definition) is 5. The Kier molecular flexibility index (Phi) is 4.11. The van der Waals surface area contributed by atoms with Gasteiger partial charge in [0.2, 0.25) is 5.89 Å². The fraction of sp³-hybridized carbons (Fsp3) is 0.200. The highest BCUT2D eigenvalue weighted by molar-refractivity contribution is 6.35. The Labute approximate surface area is 112 Å². The molecule has 2 aromatic rings. The van der Waals surface area contributed by atoms with Crippen LogP contribution in [0.25, 0.3) is 0 Å². The molecule has 0 aliphatic carbocycles. The molecule has 1 amide bonds. The second-order valence-corrected chi connectivity index (χ2v) is 4.12. The summed E-state index contributed by atoms with van der Waals surface area (Å²) in [6.45, 7) is 0.358. The smallest absolute Gasteiger partial charge is 0.252 e. The number of nitrogens with one attached hydrogen (secondary N) is 1. The number of rotatable bonds is 4. The van der Waals surface area contributed by atoms with Crippen molar-refractivity contribution in [3.63, 3.8) is 0 Å². The molecule has 6 nitrogen and oxygen atoms in total. The molecule has 0 atom stereocenters. The van der Waals surface area contributed by atoms with Crippen molar-refractivity contribution in [1.82, 2.24) is 20.4 Å². The van der Waals surface area contributed by atoms with Gasteiger partial charge >= 0.3 is 0 Å². The van der Waals surface area contributed by atoms with Gasteiger partial charge < -0.3 is 9.84 Å². The largest absolute Gasteiger partial charge is 0.351 e. The molecule has 0 aliphatic heterocycles. The number of amides is 1. The summed E-state index contributed by atoms with van der Waals surface area (Å²) in [5.74, 6) is 0.123. The van der Waals surface area contributed by atoms with E-state index in [2.05, 4.69) is 20.4 Å². The third kappa shape index (κ3) is 3.18. The van der Waals surface area contributed by atoms with Crippen molar-refractivity contribution in [2.24, 2.45) is 0 Å². The number of hydrogen-bond donors (Lipinski definition) is 1. The molecule has 2 heterocycles. The molecule has 18 heavy (non-hydrogen) atoms. The highest BCUT2D eigenvalue weighted by atomic mass is 35.5. The molecular formula is C10H8Cl2N4O2. The molecule has 8 heteroatoms. The molecule has 0 aliphatic rings. The van der Waals surface area contributed by atoms with E-state index in [9.17, 15) is 4.79 Å². The standard InChI is InChI=1S/C10H8Cl2N4O2/c11-7-4-14-8(12)3-6(7)10(17)13-2-1-9-15-5-16-18-9/h3-5H,1-2H2,(H,13,17). The van der Waals surface area contributed by atoms with Gasteiger partial charge in [0.25, 0.3) is 5.91 Å². The first-order chi connectivity index (χ1) is 8.66. The third-order valence-corrected chi connectivity index (χ3v) is 2.61. The van der Waals surface area contributed by atoms with E-state index in [0.717, 1.165) is 0 Å². The van der Waals surface area contributed by atoms with Crippen LogP contribution in [0.1, 0.15) is 16.2 Å². The van der Waals surface area contributed by atoms with Crippen LogP contribution in [0.3, 0.4) is 0 Å². The van der Waals surface area contributed by atoms with Crippen LogP contribution in [0.5, 0.6) is 0 Å². The maximum atomic E-state index is 11.8. The average Bonchev–Trinajstić information content (AvgIpc) is 2.85. The lowest BCUT2D eigenvalue weighted by Gasteiger charge is -2.05.